The first kappa shape index (κ1) is 26.2. The summed E-state index contributed by atoms with van der Waals surface area (Å²) in [5, 5.41) is 43.1. The number of phenols is 4. The summed E-state index contributed by atoms with van der Waals surface area (Å²) in [6.07, 6.45) is 2.07. The van der Waals surface area contributed by atoms with Crippen molar-refractivity contribution >= 4 is 0 Å². The fraction of sp³-hybridized carbons (Fsp3) is 0.273. The lowest BCUT2D eigenvalue weighted by atomic mass is 9.81. The molecule has 37 heavy (non-hydrogen) atoms. The summed E-state index contributed by atoms with van der Waals surface area (Å²) in [6.45, 7) is 7.97. The highest BCUT2D eigenvalue weighted by molar-refractivity contribution is 5.50. The number of hydrogen-bond donors (Lipinski definition) is 4. The van der Waals surface area contributed by atoms with E-state index in [1.807, 2.05) is 76.2 Å². The summed E-state index contributed by atoms with van der Waals surface area (Å²) in [5.74, 6) is 0.415. The summed E-state index contributed by atoms with van der Waals surface area (Å²) in [6, 6.07) is 22.3. The lowest BCUT2D eigenvalue weighted by molar-refractivity contribution is 0.440. The Hall–Kier alpha value is -3.92. The zero-order valence-electron chi connectivity index (χ0n) is 22.0. The molecule has 192 valence electrons. The Bertz CT molecular complexity index is 1200. The zero-order valence-corrected chi connectivity index (χ0v) is 22.0. The van der Waals surface area contributed by atoms with Crippen molar-refractivity contribution in [2.24, 2.45) is 0 Å². The van der Waals surface area contributed by atoms with Crippen LogP contribution in [0.2, 0.25) is 0 Å². The Morgan fingerprint density at radius 1 is 0.432 bits per heavy atom. The summed E-state index contributed by atoms with van der Waals surface area (Å²) < 4.78 is 0. The maximum absolute atomic E-state index is 10.8. The van der Waals surface area contributed by atoms with Crippen LogP contribution in [0.25, 0.3) is 0 Å². The largest absolute Gasteiger partial charge is 0.508 e. The van der Waals surface area contributed by atoms with E-state index in [-0.39, 0.29) is 34.8 Å². The highest BCUT2D eigenvalue weighted by Gasteiger charge is 2.25. The fourth-order valence-corrected chi connectivity index (χ4v) is 5.30. The molecule has 4 aromatic rings. The van der Waals surface area contributed by atoms with E-state index in [9.17, 15) is 20.4 Å². The average Bonchev–Trinajstić information content (AvgIpc) is 2.86. The number of phenolic OH excluding ortho intramolecular Hbond substituents is 4. The van der Waals surface area contributed by atoms with Crippen LogP contribution in [0, 0.1) is 27.7 Å². The first-order chi connectivity index (χ1) is 17.6. The van der Waals surface area contributed by atoms with Crippen molar-refractivity contribution in [3.8, 4) is 23.0 Å². The van der Waals surface area contributed by atoms with Gasteiger partial charge in [0.1, 0.15) is 23.0 Å². The second-order valence-electron chi connectivity index (χ2n) is 10.3. The number of aryl methyl sites for hydroxylation is 4. The molecular formula is C33H36O4. The van der Waals surface area contributed by atoms with Crippen LogP contribution in [0.5, 0.6) is 23.0 Å². The minimum atomic E-state index is -0.210. The summed E-state index contributed by atoms with van der Waals surface area (Å²) in [5.41, 5.74) is 7.30. The van der Waals surface area contributed by atoms with Gasteiger partial charge in [-0.3, -0.25) is 0 Å². The van der Waals surface area contributed by atoms with E-state index in [0.29, 0.717) is 12.8 Å². The molecule has 4 aromatic carbocycles. The maximum Gasteiger partial charge on any atom is 0.119 e. The van der Waals surface area contributed by atoms with E-state index in [1.165, 1.54) is 0 Å². The van der Waals surface area contributed by atoms with Crippen molar-refractivity contribution in [3.05, 3.63) is 117 Å². The van der Waals surface area contributed by atoms with Crippen molar-refractivity contribution < 1.29 is 20.4 Å². The summed E-state index contributed by atoms with van der Waals surface area (Å²) in [4.78, 5) is 0. The van der Waals surface area contributed by atoms with E-state index < -0.39 is 0 Å². The van der Waals surface area contributed by atoms with Gasteiger partial charge in [0.15, 0.2) is 0 Å². The second-order valence-corrected chi connectivity index (χ2v) is 10.3. The van der Waals surface area contributed by atoms with Gasteiger partial charge in [-0.15, -0.1) is 0 Å². The average molecular weight is 497 g/mol. The van der Waals surface area contributed by atoms with Crippen LogP contribution >= 0.6 is 0 Å². The van der Waals surface area contributed by atoms with Crippen molar-refractivity contribution in [3.63, 3.8) is 0 Å². The molecule has 0 aliphatic carbocycles. The van der Waals surface area contributed by atoms with Crippen LogP contribution in [0.4, 0.5) is 0 Å². The first-order valence-corrected chi connectivity index (χ1v) is 12.8. The van der Waals surface area contributed by atoms with Crippen LogP contribution in [-0.2, 0) is 0 Å². The molecule has 0 amide bonds. The molecule has 0 radical (unpaired) electrons. The Morgan fingerprint density at radius 2 is 0.676 bits per heavy atom. The molecule has 0 saturated carbocycles. The first-order valence-electron chi connectivity index (χ1n) is 12.8. The van der Waals surface area contributed by atoms with E-state index in [0.717, 1.165) is 50.9 Å². The van der Waals surface area contributed by atoms with Crippen LogP contribution in [0.1, 0.15) is 75.6 Å². The normalized spacial score (nSPS) is 11.4. The molecule has 4 heteroatoms. The van der Waals surface area contributed by atoms with Gasteiger partial charge in [0.25, 0.3) is 0 Å². The molecule has 0 aromatic heterocycles. The van der Waals surface area contributed by atoms with Gasteiger partial charge in [-0.2, -0.15) is 0 Å². The zero-order chi connectivity index (χ0) is 26.7. The number of aromatic hydroxyl groups is 4. The van der Waals surface area contributed by atoms with Gasteiger partial charge in [-0.25, -0.2) is 0 Å². The molecule has 0 atom stereocenters. The third-order valence-electron chi connectivity index (χ3n) is 7.22. The van der Waals surface area contributed by atoms with Gasteiger partial charge in [0.05, 0.1) is 0 Å². The van der Waals surface area contributed by atoms with Crippen LogP contribution in [0.15, 0.2) is 72.8 Å². The molecule has 0 bridgehead atoms. The van der Waals surface area contributed by atoms with E-state index in [2.05, 4.69) is 0 Å². The Balaban J connectivity index is 1.72. The van der Waals surface area contributed by atoms with Gasteiger partial charge < -0.3 is 20.4 Å². The summed E-state index contributed by atoms with van der Waals surface area (Å²) in [7, 11) is 0. The van der Waals surface area contributed by atoms with Crippen molar-refractivity contribution in [1.29, 1.82) is 0 Å². The maximum atomic E-state index is 10.8. The lowest BCUT2D eigenvalue weighted by Crippen LogP contribution is -2.07. The van der Waals surface area contributed by atoms with E-state index >= 15 is 0 Å². The molecule has 0 spiro atoms. The smallest absolute Gasteiger partial charge is 0.119 e. The predicted octanol–water partition coefficient (Wildman–Crippen LogP) is 7.88. The Labute approximate surface area is 219 Å². The van der Waals surface area contributed by atoms with Gasteiger partial charge in [0.2, 0.25) is 0 Å². The molecule has 4 nitrogen and oxygen atoms in total. The van der Waals surface area contributed by atoms with Crippen molar-refractivity contribution in [1.82, 2.24) is 0 Å². The number of rotatable bonds is 8. The molecule has 0 aliphatic rings. The van der Waals surface area contributed by atoms with Crippen LogP contribution in [0.3, 0.4) is 0 Å². The van der Waals surface area contributed by atoms with E-state index in [4.69, 9.17) is 0 Å². The van der Waals surface area contributed by atoms with Crippen molar-refractivity contribution in [2.75, 3.05) is 0 Å². The minimum absolute atomic E-state index is 0.209. The predicted molar refractivity (Wildman–Crippen MR) is 149 cm³/mol. The molecule has 4 N–H and O–H groups in total. The quantitative estimate of drug-likeness (QED) is 0.200. The number of hydrogen-bond acceptors (Lipinski definition) is 4. The number of benzene rings is 4. The van der Waals surface area contributed by atoms with Gasteiger partial charge in [-0.1, -0.05) is 77.2 Å². The molecule has 0 unspecified atom stereocenters. The molecule has 0 saturated heterocycles. The summed E-state index contributed by atoms with van der Waals surface area (Å²) >= 11 is 0. The van der Waals surface area contributed by atoms with Gasteiger partial charge >= 0.3 is 0 Å². The lowest BCUT2D eigenvalue weighted by Gasteiger charge is -2.24. The SMILES string of the molecule is Cc1ccc(O)c(C(CCCC(c2cc(C)ccc2O)c2cc(C)ccc2O)c2cc(C)ccc2O)c1. The molecule has 0 fully saturated rings. The molecule has 0 aliphatic heterocycles. The highest BCUT2D eigenvalue weighted by Crippen LogP contribution is 2.43. The second kappa shape index (κ2) is 11.0. The Kier molecular flexibility index (Phi) is 7.77. The third kappa shape index (κ3) is 5.91. The third-order valence-corrected chi connectivity index (χ3v) is 7.22. The Morgan fingerprint density at radius 3 is 0.919 bits per heavy atom. The molecular weight excluding hydrogens is 460 g/mol. The van der Waals surface area contributed by atoms with Crippen molar-refractivity contribution in [2.45, 2.75) is 58.8 Å². The minimum Gasteiger partial charge on any atom is -0.508 e. The van der Waals surface area contributed by atoms with Crippen LogP contribution < -0.4 is 0 Å². The monoisotopic (exact) mass is 496 g/mol. The van der Waals surface area contributed by atoms with Gasteiger partial charge in [-0.05, 0) is 64.8 Å². The molecule has 0 heterocycles. The van der Waals surface area contributed by atoms with E-state index in [1.54, 1.807) is 24.3 Å². The van der Waals surface area contributed by atoms with Crippen LogP contribution in [-0.4, -0.2) is 20.4 Å². The van der Waals surface area contributed by atoms with Gasteiger partial charge in [0, 0.05) is 34.1 Å². The topological polar surface area (TPSA) is 80.9 Å². The standard InChI is InChI=1S/C33H36O4/c1-20-8-12-30(34)26(16-20)24(27-17-21(2)9-13-31(27)35)6-5-7-25(28-18-22(3)10-14-32(28)36)29-19-23(4)11-15-33(29)37/h8-19,24-25,34-37H,5-7H2,1-4H3. The fourth-order valence-electron chi connectivity index (χ4n) is 5.30. The molecule has 4 rings (SSSR count). The highest BCUT2D eigenvalue weighted by atomic mass is 16.3.